The first-order chi connectivity index (χ1) is 6.71. The topological polar surface area (TPSA) is 26.0 Å². The molecule has 0 aromatic rings. The van der Waals surface area contributed by atoms with E-state index in [1.807, 2.05) is 6.08 Å². The van der Waals surface area contributed by atoms with Gasteiger partial charge in [-0.1, -0.05) is 30.7 Å². The first-order valence-electron chi connectivity index (χ1n) is 5.51. The van der Waals surface area contributed by atoms with Crippen LogP contribution in [0.15, 0.2) is 35.6 Å². The van der Waals surface area contributed by atoms with E-state index in [2.05, 4.69) is 25.2 Å². The molecule has 0 aromatic heterocycles. The van der Waals surface area contributed by atoms with E-state index in [0.717, 1.165) is 18.5 Å². The minimum atomic E-state index is 0.296. The molecular formula is C13H19N. The van der Waals surface area contributed by atoms with Crippen molar-refractivity contribution < 1.29 is 0 Å². The van der Waals surface area contributed by atoms with Crippen LogP contribution in [-0.2, 0) is 0 Å². The highest BCUT2D eigenvalue weighted by Crippen LogP contribution is 2.43. The normalized spacial score (nSPS) is 32.4. The zero-order valence-electron chi connectivity index (χ0n) is 8.92. The van der Waals surface area contributed by atoms with Crippen molar-refractivity contribution >= 4 is 0 Å². The summed E-state index contributed by atoms with van der Waals surface area (Å²) in [6.45, 7) is 2.35. The molecule has 1 unspecified atom stereocenters. The van der Waals surface area contributed by atoms with Gasteiger partial charge in [-0.25, -0.2) is 0 Å². The van der Waals surface area contributed by atoms with Crippen molar-refractivity contribution in [2.24, 2.45) is 11.1 Å². The summed E-state index contributed by atoms with van der Waals surface area (Å²) in [5.74, 6) is 0. The highest BCUT2D eigenvalue weighted by molar-refractivity contribution is 5.26. The molecule has 2 aliphatic carbocycles. The number of hydrogen-bond donors (Lipinski definition) is 1. The molecule has 0 fully saturated rings. The fraction of sp³-hybridized carbons (Fsp3) is 0.538. The summed E-state index contributed by atoms with van der Waals surface area (Å²) in [6.07, 6.45) is 14.8. The van der Waals surface area contributed by atoms with Gasteiger partial charge in [-0.3, -0.25) is 0 Å². The molecule has 2 rings (SSSR count). The van der Waals surface area contributed by atoms with Crippen molar-refractivity contribution in [3.63, 3.8) is 0 Å². The van der Waals surface area contributed by atoms with Crippen LogP contribution in [0.4, 0.5) is 0 Å². The Morgan fingerprint density at radius 1 is 1.43 bits per heavy atom. The second-order valence-electron chi connectivity index (χ2n) is 4.73. The lowest BCUT2D eigenvalue weighted by atomic mass is 9.75. The van der Waals surface area contributed by atoms with Gasteiger partial charge in [0, 0.05) is 5.70 Å². The molecule has 0 heterocycles. The average Bonchev–Trinajstić information content (AvgIpc) is 2.61. The van der Waals surface area contributed by atoms with Crippen LogP contribution in [0.1, 0.15) is 39.0 Å². The van der Waals surface area contributed by atoms with Crippen molar-refractivity contribution in [2.45, 2.75) is 39.0 Å². The fourth-order valence-corrected chi connectivity index (χ4v) is 2.57. The van der Waals surface area contributed by atoms with Gasteiger partial charge < -0.3 is 5.73 Å². The van der Waals surface area contributed by atoms with Crippen LogP contribution >= 0.6 is 0 Å². The van der Waals surface area contributed by atoms with Gasteiger partial charge in [0.2, 0.25) is 0 Å². The second-order valence-corrected chi connectivity index (χ2v) is 4.73. The standard InChI is InChI=1S/C13H19N/c1-13(11-6-2-3-7-11)9-5-4-8-12(14)10-13/h4-6,8H,2-3,7,9-10,14H2,1H3. The van der Waals surface area contributed by atoms with E-state index in [1.165, 1.54) is 19.3 Å². The van der Waals surface area contributed by atoms with E-state index in [9.17, 15) is 0 Å². The number of allylic oxidation sites excluding steroid dienone is 6. The minimum Gasteiger partial charge on any atom is -0.402 e. The molecule has 0 aromatic carbocycles. The summed E-state index contributed by atoms with van der Waals surface area (Å²) in [5, 5.41) is 0. The maximum absolute atomic E-state index is 5.96. The molecule has 0 amide bonds. The zero-order chi connectivity index (χ0) is 10.0. The lowest BCUT2D eigenvalue weighted by Crippen LogP contribution is -2.20. The van der Waals surface area contributed by atoms with Crippen molar-refractivity contribution in [3.05, 3.63) is 35.6 Å². The fourth-order valence-electron chi connectivity index (χ4n) is 2.57. The molecule has 0 saturated heterocycles. The highest BCUT2D eigenvalue weighted by Gasteiger charge is 2.30. The van der Waals surface area contributed by atoms with Gasteiger partial charge in [-0.2, -0.15) is 0 Å². The molecule has 0 saturated carbocycles. The largest absolute Gasteiger partial charge is 0.402 e. The molecule has 2 aliphatic rings. The molecule has 0 aliphatic heterocycles. The molecule has 0 bridgehead atoms. The van der Waals surface area contributed by atoms with Crippen LogP contribution in [0.25, 0.3) is 0 Å². The van der Waals surface area contributed by atoms with Crippen LogP contribution in [0.5, 0.6) is 0 Å². The van der Waals surface area contributed by atoms with E-state index >= 15 is 0 Å². The highest BCUT2D eigenvalue weighted by atomic mass is 14.6. The van der Waals surface area contributed by atoms with Crippen LogP contribution in [0, 0.1) is 5.41 Å². The van der Waals surface area contributed by atoms with Gasteiger partial charge >= 0.3 is 0 Å². The Bertz CT molecular complexity index is 309. The maximum Gasteiger partial charge on any atom is 0.00891 e. The van der Waals surface area contributed by atoms with Crippen LogP contribution in [0.3, 0.4) is 0 Å². The monoisotopic (exact) mass is 189 g/mol. The molecule has 0 spiro atoms. The van der Waals surface area contributed by atoms with Crippen LogP contribution < -0.4 is 5.73 Å². The predicted molar refractivity (Wildman–Crippen MR) is 60.7 cm³/mol. The Hall–Kier alpha value is -0.980. The molecule has 14 heavy (non-hydrogen) atoms. The van der Waals surface area contributed by atoms with E-state index in [1.54, 1.807) is 5.57 Å². The third kappa shape index (κ3) is 1.77. The molecular weight excluding hydrogens is 170 g/mol. The SMILES string of the molecule is CC1(C2=CCCC2)CC=CC=C(N)C1. The Kier molecular flexibility index (Phi) is 2.49. The number of rotatable bonds is 1. The Morgan fingerprint density at radius 2 is 2.29 bits per heavy atom. The molecule has 0 radical (unpaired) electrons. The number of nitrogens with two attached hydrogens (primary N) is 1. The van der Waals surface area contributed by atoms with E-state index in [4.69, 9.17) is 5.73 Å². The summed E-state index contributed by atoms with van der Waals surface area (Å²) in [5.41, 5.74) is 8.90. The van der Waals surface area contributed by atoms with Gasteiger partial charge in [-0.05, 0) is 43.6 Å². The maximum atomic E-state index is 5.96. The van der Waals surface area contributed by atoms with Crippen LogP contribution in [-0.4, -0.2) is 0 Å². The van der Waals surface area contributed by atoms with Crippen molar-refractivity contribution in [3.8, 4) is 0 Å². The van der Waals surface area contributed by atoms with E-state index in [0.29, 0.717) is 5.41 Å². The Morgan fingerprint density at radius 3 is 3.00 bits per heavy atom. The first-order valence-corrected chi connectivity index (χ1v) is 5.51. The summed E-state index contributed by atoms with van der Waals surface area (Å²) in [6, 6.07) is 0. The minimum absolute atomic E-state index is 0.296. The van der Waals surface area contributed by atoms with Gasteiger partial charge in [-0.15, -0.1) is 0 Å². The predicted octanol–water partition coefficient (Wildman–Crippen LogP) is 3.30. The lowest BCUT2D eigenvalue weighted by Gasteiger charge is -2.30. The molecule has 1 heteroatoms. The number of hydrogen-bond acceptors (Lipinski definition) is 1. The summed E-state index contributed by atoms with van der Waals surface area (Å²) >= 11 is 0. The lowest BCUT2D eigenvalue weighted by molar-refractivity contribution is 0.390. The Balaban J connectivity index is 2.22. The van der Waals surface area contributed by atoms with Crippen molar-refractivity contribution in [1.82, 2.24) is 0 Å². The molecule has 1 atom stereocenters. The van der Waals surface area contributed by atoms with Gasteiger partial charge in [0.15, 0.2) is 0 Å². The summed E-state index contributed by atoms with van der Waals surface area (Å²) in [7, 11) is 0. The van der Waals surface area contributed by atoms with Crippen molar-refractivity contribution in [2.75, 3.05) is 0 Å². The van der Waals surface area contributed by atoms with E-state index < -0.39 is 0 Å². The van der Waals surface area contributed by atoms with Gasteiger partial charge in [0.05, 0.1) is 0 Å². The smallest absolute Gasteiger partial charge is 0.00891 e. The van der Waals surface area contributed by atoms with Gasteiger partial charge in [0.1, 0.15) is 0 Å². The molecule has 2 N–H and O–H groups in total. The summed E-state index contributed by atoms with van der Waals surface area (Å²) in [4.78, 5) is 0. The quantitative estimate of drug-likeness (QED) is 0.629. The molecule has 1 nitrogen and oxygen atoms in total. The first kappa shape index (κ1) is 9.57. The second kappa shape index (κ2) is 3.64. The third-order valence-corrected chi connectivity index (χ3v) is 3.43. The van der Waals surface area contributed by atoms with Gasteiger partial charge in [0.25, 0.3) is 0 Å². The van der Waals surface area contributed by atoms with Crippen LogP contribution in [0.2, 0.25) is 0 Å². The third-order valence-electron chi connectivity index (χ3n) is 3.43. The Labute approximate surface area is 86.4 Å². The summed E-state index contributed by atoms with van der Waals surface area (Å²) < 4.78 is 0. The zero-order valence-corrected chi connectivity index (χ0v) is 8.92. The van der Waals surface area contributed by atoms with Crippen molar-refractivity contribution in [1.29, 1.82) is 0 Å². The molecule has 76 valence electrons. The van der Waals surface area contributed by atoms with E-state index in [-0.39, 0.29) is 0 Å². The average molecular weight is 189 g/mol.